The molecule has 0 bridgehead atoms. The first-order valence-electron chi connectivity index (χ1n) is 22.7. The van der Waals surface area contributed by atoms with Crippen LogP contribution in [0.1, 0.15) is 188 Å². The molecule has 0 N–H and O–H groups in total. The van der Waals surface area contributed by atoms with Gasteiger partial charge in [0.15, 0.2) is 0 Å². The molecule has 0 fully saturated rings. The Hall–Kier alpha value is -1.96. The molecular formula is C56H70Cl2SiZr. The zero-order valence-electron chi connectivity index (χ0n) is 39.3. The molecule has 0 saturated heterocycles. The van der Waals surface area contributed by atoms with Gasteiger partial charge in [-0.3, -0.25) is 0 Å². The van der Waals surface area contributed by atoms with Gasteiger partial charge in [-0.2, -0.15) is 0 Å². The number of aryl methyl sites for hydroxylation is 2. The van der Waals surface area contributed by atoms with Crippen molar-refractivity contribution in [3.8, 4) is 22.3 Å². The van der Waals surface area contributed by atoms with E-state index in [1.54, 1.807) is 55.7 Å². The average molecular weight is 933 g/mol. The van der Waals surface area contributed by atoms with Gasteiger partial charge in [-0.15, -0.1) is 0 Å². The van der Waals surface area contributed by atoms with Crippen molar-refractivity contribution >= 4 is 38.7 Å². The van der Waals surface area contributed by atoms with Crippen LogP contribution in [0.2, 0.25) is 12.1 Å². The zero-order valence-corrected chi connectivity index (χ0v) is 44.3. The van der Waals surface area contributed by atoms with E-state index in [0.29, 0.717) is 11.8 Å². The van der Waals surface area contributed by atoms with E-state index >= 15 is 0 Å². The van der Waals surface area contributed by atoms with Crippen molar-refractivity contribution in [1.29, 1.82) is 0 Å². The summed E-state index contributed by atoms with van der Waals surface area (Å²) < 4.78 is 0. The minimum atomic E-state index is -0.826. The molecule has 0 saturated carbocycles. The SMILES string of the molecule is CC1=Cc2c(cc3c(c2-c2cc(C(C)(C)C)cc(C(C)(C)C)c2)CCC3)C1C[Si]CC1C(C)=Cc2c1cc1c(c2-c2cc(C(C)(C)C)cc(C(C)(C)C)c2)CCC1.[Cl][Zr][Cl]. The van der Waals surface area contributed by atoms with Crippen molar-refractivity contribution in [2.75, 3.05) is 0 Å². The monoisotopic (exact) mass is 930 g/mol. The van der Waals surface area contributed by atoms with Gasteiger partial charge in [-0.1, -0.05) is 167 Å². The summed E-state index contributed by atoms with van der Waals surface area (Å²) in [5.74, 6) is 1.04. The average Bonchev–Trinajstić information content (AvgIpc) is 3.94. The van der Waals surface area contributed by atoms with Crippen LogP contribution in [0.3, 0.4) is 0 Å². The molecule has 4 heteroatoms. The minimum absolute atomic E-state index is 0.102. The topological polar surface area (TPSA) is 0 Å². The second-order valence-electron chi connectivity index (χ2n) is 22.7. The van der Waals surface area contributed by atoms with Crippen LogP contribution < -0.4 is 0 Å². The third-order valence-electron chi connectivity index (χ3n) is 14.1. The second-order valence-corrected chi connectivity index (χ2v) is 27.7. The molecule has 0 aliphatic heterocycles. The Kier molecular flexibility index (Phi) is 13.2. The van der Waals surface area contributed by atoms with Crippen LogP contribution in [0.15, 0.2) is 59.7 Å². The van der Waals surface area contributed by atoms with Gasteiger partial charge in [-0.05, 0) is 163 Å². The molecule has 0 nitrogen and oxygen atoms in total. The van der Waals surface area contributed by atoms with Crippen molar-refractivity contribution in [3.63, 3.8) is 0 Å². The van der Waals surface area contributed by atoms with E-state index in [9.17, 15) is 0 Å². The predicted molar refractivity (Wildman–Crippen MR) is 262 cm³/mol. The van der Waals surface area contributed by atoms with Crippen molar-refractivity contribution in [2.45, 2.75) is 181 Å². The Balaban J connectivity index is 0.00000176. The third-order valence-corrected chi connectivity index (χ3v) is 15.5. The quantitative estimate of drug-likeness (QED) is 0.169. The summed E-state index contributed by atoms with van der Waals surface area (Å²) in [6.45, 7) is 33.4. The molecule has 0 amide bonds. The molecule has 316 valence electrons. The van der Waals surface area contributed by atoms with E-state index in [4.69, 9.17) is 17.0 Å². The molecule has 8 rings (SSSR count). The van der Waals surface area contributed by atoms with Crippen molar-refractivity contribution in [1.82, 2.24) is 0 Å². The molecule has 0 aromatic heterocycles. The van der Waals surface area contributed by atoms with Gasteiger partial charge in [0.2, 0.25) is 0 Å². The van der Waals surface area contributed by atoms with E-state index in [1.165, 1.54) is 95.1 Å². The van der Waals surface area contributed by atoms with Gasteiger partial charge in [0.05, 0.1) is 0 Å². The molecule has 2 radical (unpaired) electrons. The maximum absolute atomic E-state index is 4.93. The number of halogens is 2. The summed E-state index contributed by atoms with van der Waals surface area (Å²) >= 11 is -0.826. The van der Waals surface area contributed by atoms with Crippen LogP contribution in [0.25, 0.3) is 34.4 Å². The number of hydrogen-bond acceptors (Lipinski definition) is 0. The summed E-state index contributed by atoms with van der Waals surface area (Å²) in [4.78, 5) is 0. The van der Waals surface area contributed by atoms with Crippen LogP contribution in [-0.2, 0) is 68.2 Å². The summed E-state index contributed by atoms with van der Waals surface area (Å²) in [6.07, 6.45) is 12.6. The molecular weight excluding hydrogens is 863 g/mol. The number of benzene rings is 4. The first kappa shape index (κ1) is 46.0. The van der Waals surface area contributed by atoms with Gasteiger partial charge in [0, 0.05) is 21.4 Å². The Morgan fingerprint density at radius 3 is 1.12 bits per heavy atom. The molecule has 60 heavy (non-hydrogen) atoms. The molecule has 0 heterocycles. The van der Waals surface area contributed by atoms with Crippen molar-refractivity contribution < 1.29 is 20.8 Å². The summed E-state index contributed by atoms with van der Waals surface area (Å²) in [5, 5.41) is 0. The van der Waals surface area contributed by atoms with Gasteiger partial charge < -0.3 is 0 Å². The van der Waals surface area contributed by atoms with E-state index in [2.05, 4.69) is 158 Å². The van der Waals surface area contributed by atoms with Gasteiger partial charge in [0.1, 0.15) is 0 Å². The van der Waals surface area contributed by atoms with Crippen LogP contribution in [-0.4, -0.2) is 9.52 Å². The number of hydrogen-bond donors (Lipinski definition) is 0. The first-order valence-corrected chi connectivity index (χ1v) is 30.5. The Bertz CT molecular complexity index is 2140. The van der Waals surface area contributed by atoms with E-state index in [0.717, 1.165) is 9.52 Å². The molecule has 0 spiro atoms. The number of allylic oxidation sites excluding steroid dienone is 2. The molecule has 2 unspecified atom stereocenters. The van der Waals surface area contributed by atoms with Gasteiger partial charge in [0.25, 0.3) is 0 Å². The van der Waals surface area contributed by atoms with Crippen LogP contribution in [0, 0.1) is 0 Å². The number of fused-ring (bicyclic) bond motifs is 4. The number of rotatable bonds is 6. The predicted octanol–water partition coefficient (Wildman–Crippen LogP) is 16.8. The van der Waals surface area contributed by atoms with Crippen molar-refractivity contribution in [3.05, 3.63) is 126 Å². The van der Waals surface area contributed by atoms with Gasteiger partial charge in [-0.25, -0.2) is 0 Å². The summed E-state index contributed by atoms with van der Waals surface area (Å²) in [6, 6.07) is 23.0. The van der Waals surface area contributed by atoms with Crippen LogP contribution in [0.5, 0.6) is 0 Å². The van der Waals surface area contributed by atoms with Crippen molar-refractivity contribution in [2.24, 2.45) is 0 Å². The Morgan fingerprint density at radius 2 is 0.817 bits per heavy atom. The van der Waals surface area contributed by atoms with E-state index < -0.39 is 20.8 Å². The fraction of sp³-hybridized carbons (Fsp3) is 0.500. The van der Waals surface area contributed by atoms with Crippen LogP contribution >= 0.6 is 17.0 Å². The van der Waals surface area contributed by atoms with Crippen LogP contribution in [0.4, 0.5) is 0 Å². The molecule has 4 aromatic rings. The Morgan fingerprint density at radius 1 is 0.500 bits per heavy atom. The standard InChI is InChI=1S/C56H70Si.2ClH.Zr/c1-33-21-47-45(27-35-17-15-19-43(35)51(47)37-23-39(53(3,4)5)29-40(24-37)54(6,7)8)49(33)31-57-32-50-34(2)22-48-46(50)28-36-18-16-20-44(36)52(48)38-25-41(55(9,10)11)30-42(26-38)56(12,13)14;;;/h21-30,49-50H,15-20,31-32H2,1-14H3;2*1H;/q;;;+2/p-2. The molecule has 4 aliphatic carbocycles. The van der Waals surface area contributed by atoms with E-state index in [1.807, 2.05) is 0 Å². The first-order chi connectivity index (χ1) is 28.0. The third kappa shape index (κ3) is 9.17. The Labute approximate surface area is 386 Å². The second kappa shape index (κ2) is 17.2. The molecule has 4 aromatic carbocycles. The fourth-order valence-corrected chi connectivity index (χ4v) is 12.3. The summed E-state index contributed by atoms with van der Waals surface area (Å²) in [7, 11) is 10.8. The van der Waals surface area contributed by atoms with Gasteiger partial charge >= 0.3 is 37.9 Å². The summed E-state index contributed by atoms with van der Waals surface area (Å²) in [5.41, 5.74) is 28.1. The fourth-order valence-electron chi connectivity index (χ4n) is 10.5. The van der Waals surface area contributed by atoms with E-state index in [-0.39, 0.29) is 21.7 Å². The molecule has 4 aliphatic rings. The molecule has 2 atom stereocenters. The zero-order chi connectivity index (χ0) is 43.7. The maximum atomic E-state index is 4.93. The normalized spacial score (nSPS) is 18.3.